The van der Waals surface area contributed by atoms with E-state index in [1.807, 2.05) is 6.20 Å². The van der Waals surface area contributed by atoms with E-state index in [1.54, 1.807) is 4.48 Å². The molecule has 0 spiro atoms. The second-order valence-electron chi connectivity index (χ2n) is 3.54. The first kappa shape index (κ1) is 9.34. The van der Waals surface area contributed by atoms with Gasteiger partial charge < -0.3 is 4.48 Å². The largest absolute Gasteiger partial charge is 0.405 e. The van der Waals surface area contributed by atoms with Crippen molar-refractivity contribution in [3.05, 3.63) is 22.4 Å². The van der Waals surface area contributed by atoms with Gasteiger partial charge in [0.1, 0.15) is 0 Å². The van der Waals surface area contributed by atoms with Crippen molar-refractivity contribution < 1.29 is 0 Å². The Morgan fingerprint density at radius 1 is 1.38 bits per heavy atom. The van der Waals surface area contributed by atoms with Crippen LogP contribution in [0.15, 0.2) is 16.7 Å². The van der Waals surface area contributed by atoms with Crippen LogP contribution in [0.2, 0.25) is 0 Å². The first-order valence-corrected chi connectivity index (χ1v) is 5.39. The van der Waals surface area contributed by atoms with Crippen molar-refractivity contribution >= 4 is 23.9 Å². The zero-order valence-corrected chi connectivity index (χ0v) is 9.13. The lowest BCUT2D eigenvalue weighted by Crippen LogP contribution is -2.20. The topological polar surface area (TPSA) is 8.17 Å². The van der Waals surface area contributed by atoms with Crippen molar-refractivity contribution in [2.45, 2.75) is 19.4 Å². The lowest BCUT2D eigenvalue weighted by Gasteiger charge is -2.14. The van der Waals surface area contributed by atoms with E-state index >= 15 is 0 Å². The molecule has 0 bridgehead atoms. The average Bonchev–Trinajstić information content (AvgIpc) is 2.63. The van der Waals surface area contributed by atoms with Gasteiger partial charge in [0, 0.05) is 22.9 Å². The molecular weight excluding hydrogens is 227 g/mol. The first-order valence-electron chi connectivity index (χ1n) is 4.60. The molecule has 1 aromatic heterocycles. The summed E-state index contributed by atoms with van der Waals surface area (Å²) in [5.41, 5.74) is 1.17. The minimum Gasteiger partial charge on any atom is -0.405 e. The van der Waals surface area contributed by atoms with Crippen LogP contribution in [0, 0.1) is 0 Å². The van der Waals surface area contributed by atoms with Crippen LogP contribution in [0.3, 0.4) is 0 Å². The van der Waals surface area contributed by atoms with Gasteiger partial charge in [0.15, 0.2) is 0 Å². The minimum atomic E-state index is 0.974. The number of hydrogen-bond donors (Lipinski definition) is 0. The highest BCUT2D eigenvalue weighted by molar-refractivity contribution is 9.10. The second-order valence-corrected chi connectivity index (χ2v) is 4.46. The van der Waals surface area contributed by atoms with Crippen molar-refractivity contribution in [1.82, 2.24) is 9.38 Å². The summed E-state index contributed by atoms with van der Waals surface area (Å²) in [6.45, 7) is 3.40. The van der Waals surface area contributed by atoms with Crippen molar-refractivity contribution in [2.75, 3.05) is 13.1 Å². The molecule has 1 aliphatic rings. The van der Waals surface area contributed by atoms with Crippen LogP contribution in [-0.2, 0) is 6.54 Å². The molecule has 0 unspecified atom stereocenters. The van der Waals surface area contributed by atoms with E-state index in [1.165, 1.54) is 31.6 Å². The van der Waals surface area contributed by atoms with E-state index in [2.05, 4.69) is 26.9 Å². The summed E-state index contributed by atoms with van der Waals surface area (Å²) in [4.78, 5) is 2.44. The van der Waals surface area contributed by atoms with Gasteiger partial charge in [-0.05, 0) is 47.9 Å². The summed E-state index contributed by atoms with van der Waals surface area (Å²) in [6.07, 6.45) is 4.55. The average molecular weight is 239 g/mol. The maximum Gasteiger partial charge on any atom is 0.233 e. The lowest BCUT2D eigenvalue weighted by molar-refractivity contribution is 0.326. The highest BCUT2D eigenvalue weighted by Gasteiger charge is 2.13. The molecule has 2 nitrogen and oxygen atoms in total. The Morgan fingerprint density at radius 3 is 2.62 bits per heavy atom. The van der Waals surface area contributed by atoms with Crippen molar-refractivity contribution in [3.8, 4) is 0 Å². The summed E-state index contributed by atoms with van der Waals surface area (Å²) in [7, 11) is 5.78. The summed E-state index contributed by atoms with van der Waals surface area (Å²) in [5, 5.41) is 0. The number of hydrogen-bond acceptors (Lipinski definition) is 1. The van der Waals surface area contributed by atoms with Gasteiger partial charge in [-0.2, -0.15) is 0 Å². The molecule has 13 heavy (non-hydrogen) atoms. The van der Waals surface area contributed by atoms with Gasteiger partial charge in [0.25, 0.3) is 0 Å². The molecule has 0 saturated carbocycles. The Kier molecular flexibility index (Phi) is 2.79. The van der Waals surface area contributed by atoms with Crippen molar-refractivity contribution in [3.63, 3.8) is 0 Å². The van der Waals surface area contributed by atoms with Crippen molar-refractivity contribution in [2.24, 2.45) is 0 Å². The quantitative estimate of drug-likeness (QED) is 0.714. The van der Waals surface area contributed by atoms with Crippen LogP contribution in [0.1, 0.15) is 18.5 Å². The first-order chi connectivity index (χ1) is 6.25. The molecule has 1 aliphatic heterocycles. The number of halogens is 1. The highest BCUT2D eigenvalue weighted by atomic mass is 79.9. The third-order valence-corrected chi connectivity index (χ3v) is 2.92. The molecule has 2 rings (SSSR count). The van der Waals surface area contributed by atoms with Crippen LogP contribution in [-0.4, -0.2) is 30.4 Å². The van der Waals surface area contributed by atoms with Gasteiger partial charge in [0.05, 0.1) is 0 Å². The zero-order chi connectivity index (χ0) is 9.26. The van der Waals surface area contributed by atoms with E-state index in [9.17, 15) is 0 Å². The van der Waals surface area contributed by atoms with E-state index in [4.69, 9.17) is 7.98 Å². The van der Waals surface area contributed by atoms with E-state index in [-0.39, 0.29) is 0 Å². The Bertz CT molecular complexity index is 292. The molecule has 68 valence electrons. The molecule has 0 amide bonds. The predicted octanol–water partition coefficient (Wildman–Crippen LogP) is 1.78. The summed E-state index contributed by atoms with van der Waals surface area (Å²) >= 11 is 3.41. The fourth-order valence-electron chi connectivity index (χ4n) is 1.78. The van der Waals surface area contributed by atoms with Gasteiger partial charge >= 0.3 is 0 Å². The molecule has 2 heterocycles. The number of aromatic nitrogens is 1. The summed E-state index contributed by atoms with van der Waals surface area (Å²) in [6, 6.07) is 2.08. The maximum atomic E-state index is 5.78. The zero-order valence-electron chi connectivity index (χ0n) is 7.54. The van der Waals surface area contributed by atoms with Crippen LogP contribution < -0.4 is 0 Å². The van der Waals surface area contributed by atoms with E-state index in [0.29, 0.717) is 0 Å². The Hall–Kier alpha value is -0.215. The van der Waals surface area contributed by atoms with Gasteiger partial charge in [0.2, 0.25) is 7.98 Å². The molecule has 1 saturated heterocycles. The predicted molar refractivity (Wildman–Crippen MR) is 57.8 cm³/mol. The normalized spacial score (nSPS) is 18.2. The maximum absolute atomic E-state index is 5.78. The molecule has 2 radical (unpaired) electrons. The monoisotopic (exact) mass is 238 g/mol. The second kappa shape index (κ2) is 3.88. The molecule has 1 fully saturated rings. The fourth-order valence-corrected chi connectivity index (χ4v) is 2.27. The Balaban J connectivity index is 2.03. The number of likely N-dealkylation sites (tertiary alicyclic amines) is 1. The molecule has 0 N–H and O–H groups in total. The fraction of sp³-hybridized carbons (Fsp3) is 0.556. The molecule has 4 heteroatoms. The molecule has 1 aromatic rings. The van der Waals surface area contributed by atoms with Crippen LogP contribution >= 0.6 is 15.9 Å². The van der Waals surface area contributed by atoms with E-state index in [0.717, 1.165) is 11.0 Å². The van der Waals surface area contributed by atoms with E-state index < -0.39 is 0 Å². The number of nitrogens with zero attached hydrogens (tertiary/aromatic N) is 2. The van der Waals surface area contributed by atoms with Crippen molar-refractivity contribution in [1.29, 1.82) is 0 Å². The summed E-state index contributed by atoms with van der Waals surface area (Å²) in [5.74, 6) is 0. The molecular formula is C9H12BBrN2. The Labute approximate surface area is 88.5 Å². The molecule has 0 atom stereocenters. The Morgan fingerprint density at radius 2 is 2.08 bits per heavy atom. The molecule has 0 aliphatic carbocycles. The van der Waals surface area contributed by atoms with Crippen LogP contribution in [0.25, 0.3) is 0 Å². The van der Waals surface area contributed by atoms with Gasteiger partial charge in [-0.25, -0.2) is 0 Å². The minimum absolute atomic E-state index is 0.974. The smallest absolute Gasteiger partial charge is 0.233 e. The van der Waals surface area contributed by atoms with Crippen LogP contribution in [0.5, 0.6) is 0 Å². The van der Waals surface area contributed by atoms with Gasteiger partial charge in [-0.15, -0.1) is 0 Å². The lowest BCUT2D eigenvalue weighted by atomic mass is 10.3. The standard InChI is InChI=1S/C9H12BBrN2/c10-13-6-8(11)5-9(13)7-12-3-1-2-4-12/h5-6H,1-4,7H2. The number of rotatable bonds is 2. The third-order valence-electron chi connectivity index (χ3n) is 2.48. The highest BCUT2D eigenvalue weighted by Crippen LogP contribution is 2.17. The third kappa shape index (κ3) is 2.17. The summed E-state index contributed by atoms with van der Waals surface area (Å²) < 4.78 is 2.76. The SMILES string of the molecule is [B]n1cc(Br)cc1CN1CCCC1. The molecule has 0 aromatic carbocycles. The van der Waals surface area contributed by atoms with Crippen LogP contribution in [0.4, 0.5) is 0 Å². The van der Waals surface area contributed by atoms with Gasteiger partial charge in [-0.1, -0.05) is 0 Å². The van der Waals surface area contributed by atoms with Gasteiger partial charge in [-0.3, -0.25) is 4.90 Å².